The summed E-state index contributed by atoms with van der Waals surface area (Å²) in [4.78, 5) is 5.52. The molecule has 0 fully saturated rings. The van der Waals surface area contributed by atoms with E-state index in [1.165, 1.54) is 0 Å². The SMILES string of the molecule is CCCN(Cc1ccc(Cl)c(Cl)c1)C(=N)N=C(N)N.Cl. The normalized spacial score (nSPS) is 9.55. The maximum atomic E-state index is 7.84. The minimum absolute atomic E-state index is 0. The van der Waals surface area contributed by atoms with Crippen molar-refractivity contribution < 1.29 is 0 Å². The van der Waals surface area contributed by atoms with Gasteiger partial charge in [-0.1, -0.05) is 36.2 Å². The highest BCUT2D eigenvalue weighted by molar-refractivity contribution is 6.42. The second kappa shape index (κ2) is 8.89. The molecule has 0 radical (unpaired) electrons. The molecule has 0 aromatic heterocycles. The van der Waals surface area contributed by atoms with E-state index in [1.807, 2.05) is 13.0 Å². The van der Waals surface area contributed by atoms with Crippen molar-refractivity contribution in [2.45, 2.75) is 19.9 Å². The molecule has 0 spiro atoms. The van der Waals surface area contributed by atoms with E-state index < -0.39 is 0 Å². The van der Waals surface area contributed by atoms with Crippen molar-refractivity contribution in [3.8, 4) is 0 Å². The molecule has 0 unspecified atom stereocenters. The highest BCUT2D eigenvalue weighted by Gasteiger charge is 2.10. The molecule has 20 heavy (non-hydrogen) atoms. The molecule has 112 valence electrons. The number of aliphatic imine (C=N–C) groups is 1. The van der Waals surface area contributed by atoms with Crippen molar-refractivity contribution in [3.63, 3.8) is 0 Å². The summed E-state index contributed by atoms with van der Waals surface area (Å²) in [7, 11) is 0. The Hall–Kier alpha value is -1.17. The Labute approximate surface area is 134 Å². The zero-order valence-corrected chi connectivity index (χ0v) is 13.4. The molecule has 0 saturated carbocycles. The zero-order chi connectivity index (χ0) is 14.4. The van der Waals surface area contributed by atoms with Crippen LogP contribution in [0, 0.1) is 5.41 Å². The fourth-order valence-corrected chi connectivity index (χ4v) is 1.90. The molecule has 1 aromatic carbocycles. The molecule has 1 rings (SSSR count). The lowest BCUT2D eigenvalue weighted by molar-refractivity contribution is 0.405. The fraction of sp³-hybridized carbons (Fsp3) is 0.333. The third-order valence-corrected chi connectivity index (χ3v) is 3.12. The van der Waals surface area contributed by atoms with Crippen LogP contribution in [0.4, 0.5) is 0 Å². The third kappa shape index (κ3) is 5.86. The van der Waals surface area contributed by atoms with Crippen LogP contribution in [-0.2, 0) is 6.54 Å². The first-order valence-electron chi connectivity index (χ1n) is 5.81. The van der Waals surface area contributed by atoms with Crippen LogP contribution >= 0.6 is 35.6 Å². The van der Waals surface area contributed by atoms with Crippen molar-refractivity contribution in [1.29, 1.82) is 5.41 Å². The van der Waals surface area contributed by atoms with E-state index in [4.69, 9.17) is 40.1 Å². The first-order chi connectivity index (χ1) is 8.93. The number of guanidine groups is 2. The Balaban J connectivity index is 0.00000361. The molecule has 0 aliphatic rings. The average Bonchev–Trinajstić information content (AvgIpc) is 2.32. The molecule has 1 aromatic rings. The predicted octanol–water partition coefficient (Wildman–Crippen LogP) is 2.84. The van der Waals surface area contributed by atoms with Gasteiger partial charge in [0.05, 0.1) is 10.0 Å². The summed E-state index contributed by atoms with van der Waals surface area (Å²) in [5, 5.41) is 8.84. The highest BCUT2D eigenvalue weighted by atomic mass is 35.5. The number of nitrogens with two attached hydrogens (primary N) is 2. The van der Waals surface area contributed by atoms with Gasteiger partial charge in [0.25, 0.3) is 0 Å². The molecule has 0 aliphatic carbocycles. The van der Waals surface area contributed by atoms with Crippen molar-refractivity contribution in [1.82, 2.24) is 4.90 Å². The van der Waals surface area contributed by atoms with Crippen LogP contribution in [0.15, 0.2) is 23.2 Å². The Morgan fingerprint density at radius 2 is 1.95 bits per heavy atom. The monoisotopic (exact) mass is 337 g/mol. The molecule has 0 saturated heterocycles. The van der Waals surface area contributed by atoms with Gasteiger partial charge in [0.1, 0.15) is 0 Å². The summed E-state index contributed by atoms with van der Waals surface area (Å²) in [6.45, 7) is 3.20. The van der Waals surface area contributed by atoms with E-state index in [1.54, 1.807) is 17.0 Å². The lowest BCUT2D eigenvalue weighted by atomic mass is 10.2. The highest BCUT2D eigenvalue weighted by Crippen LogP contribution is 2.23. The van der Waals surface area contributed by atoms with Crippen LogP contribution in [-0.4, -0.2) is 23.4 Å². The minimum atomic E-state index is -0.125. The van der Waals surface area contributed by atoms with E-state index in [0.717, 1.165) is 12.0 Å². The molecular formula is C12H18Cl3N5. The van der Waals surface area contributed by atoms with E-state index in [0.29, 0.717) is 23.1 Å². The Morgan fingerprint density at radius 3 is 2.45 bits per heavy atom. The molecule has 0 aliphatic heterocycles. The van der Waals surface area contributed by atoms with Crippen molar-refractivity contribution in [3.05, 3.63) is 33.8 Å². The first kappa shape index (κ1) is 18.8. The van der Waals surface area contributed by atoms with E-state index >= 15 is 0 Å². The van der Waals surface area contributed by atoms with E-state index in [9.17, 15) is 0 Å². The zero-order valence-electron chi connectivity index (χ0n) is 11.1. The minimum Gasteiger partial charge on any atom is -0.370 e. The van der Waals surface area contributed by atoms with E-state index in [-0.39, 0.29) is 24.3 Å². The van der Waals surface area contributed by atoms with Gasteiger partial charge in [0, 0.05) is 13.1 Å². The van der Waals surface area contributed by atoms with Crippen LogP contribution in [0.3, 0.4) is 0 Å². The van der Waals surface area contributed by atoms with Gasteiger partial charge < -0.3 is 16.4 Å². The molecule has 5 nitrogen and oxygen atoms in total. The van der Waals surface area contributed by atoms with Gasteiger partial charge >= 0.3 is 0 Å². The van der Waals surface area contributed by atoms with Crippen molar-refractivity contribution in [2.75, 3.05) is 6.54 Å². The summed E-state index contributed by atoms with van der Waals surface area (Å²) in [6.07, 6.45) is 0.879. The number of nitrogens with zero attached hydrogens (tertiary/aromatic N) is 2. The molecule has 8 heteroatoms. The molecule has 0 bridgehead atoms. The number of hydrogen-bond acceptors (Lipinski definition) is 1. The Morgan fingerprint density at radius 1 is 1.30 bits per heavy atom. The predicted molar refractivity (Wildman–Crippen MR) is 87.9 cm³/mol. The maximum Gasteiger partial charge on any atom is 0.221 e. The second-order valence-corrected chi connectivity index (χ2v) is 4.84. The van der Waals surface area contributed by atoms with E-state index in [2.05, 4.69) is 4.99 Å². The number of nitrogens with one attached hydrogen (secondary N) is 1. The second-order valence-electron chi connectivity index (χ2n) is 4.03. The topological polar surface area (TPSA) is 91.5 Å². The standard InChI is InChI=1S/C12H17Cl2N5.ClH/c1-2-5-19(12(17)18-11(15)16)7-8-3-4-9(13)10(14)6-8;/h3-4,6H,2,5,7H2,1H3,(H5,15,16,17,18);1H. The molecule has 0 atom stereocenters. The van der Waals surface area contributed by atoms with Gasteiger partial charge in [-0.05, 0) is 24.1 Å². The quantitative estimate of drug-likeness (QED) is 0.582. The van der Waals surface area contributed by atoms with Gasteiger partial charge in [-0.25, -0.2) is 0 Å². The molecule has 0 amide bonds. The summed E-state index contributed by atoms with van der Waals surface area (Å²) in [5.74, 6) is -0.0897. The number of benzene rings is 1. The molecule has 5 N–H and O–H groups in total. The molecular weight excluding hydrogens is 321 g/mol. The van der Waals surface area contributed by atoms with Crippen LogP contribution in [0.5, 0.6) is 0 Å². The fourth-order valence-electron chi connectivity index (χ4n) is 1.58. The number of halogens is 3. The molecule has 0 heterocycles. The lowest BCUT2D eigenvalue weighted by Gasteiger charge is -2.22. The van der Waals surface area contributed by atoms with Gasteiger partial charge in [0.15, 0.2) is 5.96 Å². The lowest BCUT2D eigenvalue weighted by Crippen LogP contribution is -2.33. The summed E-state index contributed by atoms with van der Waals surface area (Å²) < 4.78 is 0. The largest absolute Gasteiger partial charge is 0.370 e. The maximum absolute atomic E-state index is 7.84. The van der Waals surface area contributed by atoms with Crippen molar-refractivity contribution in [2.24, 2.45) is 16.5 Å². The van der Waals surface area contributed by atoms with Crippen molar-refractivity contribution >= 4 is 47.5 Å². The third-order valence-electron chi connectivity index (χ3n) is 2.39. The van der Waals surface area contributed by atoms with Crippen LogP contribution in [0.25, 0.3) is 0 Å². The number of rotatable bonds is 4. The summed E-state index contributed by atoms with van der Waals surface area (Å²) >= 11 is 11.8. The van der Waals surface area contributed by atoms with Gasteiger partial charge in [-0.2, -0.15) is 4.99 Å². The summed E-state index contributed by atoms with van der Waals surface area (Å²) in [6, 6.07) is 5.36. The smallest absolute Gasteiger partial charge is 0.221 e. The first-order valence-corrected chi connectivity index (χ1v) is 6.56. The van der Waals surface area contributed by atoms with Crippen LogP contribution in [0.1, 0.15) is 18.9 Å². The van der Waals surface area contributed by atoms with Gasteiger partial charge in [0.2, 0.25) is 5.96 Å². The Kier molecular flexibility index (Phi) is 8.37. The van der Waals surface area contributed by atoms with Crippen LogP contribution < -0.4 is 11.5 Å². The Bertz CT molecular complexity index is 486. The van der Waals surface area contributed by atoms with Gasteiger partial charge in [-0.15, -0.1) is 12.4 Å². The number of hydrogen-bond donors (Lipinski definition) is 3. The van der Waals surface area contributed by atoms with Gasteiger partial charge in [-0.3, -0.25) is 5.41 Å². The van der Waals surface area contributed by atoms with Crippen LogP contribution in [0.2, 0.25) is 10.0 Å². The summed E-state index contributed by atoms with van der Waals surface area (Å²) in [5.41, 5.74) is 11.5. The average molecular weight is 339 g/mol.